The Balaban J connectivity index is 2.74. The van der Waals surface area contributed by atoms with Gasteiger partial charge in [0.1, 0.15) is 6.04 Å². The minimum absolute atomic E-state index is 0.370. The van der Waals surface area contributed by atoms with Crippen molar-refractivity contribution in [1.29, 1.82) is 0 Å². The molecular formula is C9H12NO2P. The van der Waals surface area contributed by atoms with Crippen molar-refractivity contribution in [2.24, 2.45) is 5.73 Å². The average molecular weight is 197 g/mol. The van der Waals surface area contributed by atoms with Gasteiger partial charge in [-0.1, -0.05) is 24.3 Å². The number of rotatable bonds is 3. The summed E-state index contributed by atoms with van der Waals surface area (Å²) in [4.78, 5) is 10.5. The van der Waals surface area contributed by atoms with E-state index in [1.54, 1.807) is 0 Å². The van der Waals surface area contributed by atoms with Gasteiger partial charge >= 0.3 is 5.97 Å². The van der Waals surface area contributed by atoms with Gasteiger partial charge in [0.05, 0.1) is 0 Å². The fourth-order valence-corrected chi connectivity index (χ4v) is 1.37. The molecule has 3 nitrogen and oxygen atoms in total. The molecule has 0 bridgehead atoms. The topological polar surface area (TPSA) is 63.3 Å². The molecule has 0 radical (unpaired) electrons. The maximum absolute atomic E-state index is 10.5. The molecule has 1 rings (SSSR count). The summed E-state index contributed by atoms with van der Waals surface area (Å²) in [6.07, 6.45) is 0.370. The molecule has 0 spiro atoms. The van der Waals surface area contributed by atoms with E-state index in [0.29, 0.717) is 6.42 Å². The van der Waals surface area contributed by atoms with Crippen LogP contribution in [0.2, 0.25) is 0 Å². The fourth-order valence-electron chi connectivity index (χ4n) is 1.04. The van der Waals surface area contributed by atoms with Crippen LogP contribution in [0.15, 0.2) is 24.3 Å². The number of carboxylic acids is 1. The van der Waals surface area contributed by atoms with Crippen LogP contribution in [0.5, 0.6) is 0 Å². The number of carbonyl (C=O) groups is 1. The van der Waals surface area contributed by atoms with Crippen molar-refractivity contribution in [1.82, 2.24) is 0 Å². The van der Waals surface area contributed by atoms with Gasteiger partial charge < -0.3 is 10.8 Å². The Bertz CT molecular complexity index is 314. The zero-order valence-corrected chi connectivity index (χ0v) is 8.26. The molecule has 0 aliphatic heterocycles. The van der Waals surface area contributed by atoms with Crippen molar-refractivity contribution < 1.29 is 9.90 Å². The molecule has 0 saturated heterocycles. The number of nitrogens with two attached hydrogens (primary N) is 1. The molecule has 3 N–H and O–H groups in total. The van der Waals surface area contributed by atoms with Gasteiger partial charge in [0.2, 0.25) is 0 Å². The van der Waals surface area contributed by atoms with Gasteiger partial charge in [-0.2, -0.15) is 0 Å². The van der Waals surface area contributed by atoms with E-state index < -0.39 is 12.0 Å². The second kappa shape index (κ2) is 4.35. The monoisotopic (exact) mass is 197 g/mol. The Hall–Kier alpha value is -0.920. The third kappa shape index (κ3) is 2.79. The molecule has 0 fully saturated rings. The van der Waals surface area contributed by atoms with Crippen molar-refractivity contribution in [3.8, 4) is 0 Å². The SMILES string of the molecule is N[C@H](Cc1ccccc1P)C(=O)O. The third-order valence-electron chi connectivity index (χ3n) is 1.81. The first kappa shape index (κ1) is 10.2. The molecule has 0 amide bonds. The molecule has 4 heteroatoms. The first-order valence-electron chi connectivity index (χ1n) is 3.93. The first-order chi connectivity index (χ1) is 6.11. The van der Waals surface area contributed by atoms with Gasteiger partial charge in [-0.25, -0.2) is 0 Å². The number of carboxylic acid groups (broad SMARTS) is 1. The molecule has 1 aromatic carbocycles. The Labute approximate surface area is 79.2 Å². The summed E-state index contributed by atoms with van der Waals surface area (Å²) < 4.78 is 0. The number of aliphatic carboxylic acids is 1. The van der Waals surface area contributed by atoms with Crippen LogP contribution in [0.1, 0.15) is 5.56 Å². The molecule has 1 unspecified atom stereocenters. The van der Waals surface area contributed by atoms with Gasteiger partial charge in [0, 0.05) is 0 Å². The molecule has 13 heavy (non-hydrogen) atoms. The average Bonchev–Trinajstić information content (AvgIpc) is 2.08. The summed E-state index contributed by atoms with van der Waals surface area (Å²) in [6.45, 7) is 0. The van der Waals surface area contributed by atoms with Crippen LogP contribution in [0.4, 0.5) is 0 Å². The number of hydrogen-bond acceptors (Lipinski definition) is 2. The van der Waals surface area contributed by atoms with E-state index >= 15 is 0 Å². The summed E-state index contributed by atoms with van der Waals surface area (Å²) >= 11 is 0. The van der Waals surface area contributed by atoms with Crippen LogP contribution in [0.25, 0.3) is 0 Å². The van der Waals surface area contributed by atoms with E-state index in [2.05, 4.69) is 9.24 Å². The minimum Gasteiger partial charge on any atom is -0.480 e. The minimum atomic E-state index is -0.965. The molecule has 0 aromatic heterocycles. The predicted molar refractivity (Wildman–Crippen MR) is 55.1 cm³/mol. The Morgan fingerprint density at radius 3 is 2.69 bits per heavy atom. The van der Waals surface area contributed by atoms with Crippen LogP contribution in [-0.2, 0) is 11.2 Å². The molecular weight excluding hydrogens is 185 g/mol. The summed E-state index contributed by atoms with van der Waals surface area (Å²) in [5, 5.41) is 9.60. The summed E-state index contributed by atoms with van der Waals surface area (Å²) in [5.74, 6) is -0.965. The largest absolute Gasteiger partial charge is 0.480 e. The number of benzene rings is 1. The Morgan fingerprint density at radius 1 is 1.54 bits per heavy atom. The molecule has 0 aliphatic rings. The molecule has 0 heterocycles. The van der Waals surface area contributed by atoms with E-state index in [9.17, 15) is 4.79 Å². The van der Waals surface area contributed by atoms with E-state index in [0.717, 1.165) is 10.9 Å². The zero-order valence-electron chi connectivity index (χ0n) is 7.10. The highest BCUT2D eigenvalue weighted by molar-refractivity contribution is 7.27. The Morgan fingerprint density at radius 2 is 2.15 bits per heavy atom. The van der Waals surface area contributed by atoms with Crippen molar-refractivity contribution in [2.45, 2.75) is 12.5 Å². The van der Waals surface area contributed by atoms with E-state index in [1.807, 2.05) is 24.3 Å². The third-order valence-corrected chi connectivity index (χ3v) is 2.38. The smallest absolute Gasteiger partial charge is 0.320 e. The summed E-state index contributed by atoms with van der Waals surface area (Å²) in [5.41, 5.74) is 6.37. The molecule has 2 atom stereocenters. The van der Waals surface area contributed by atoms with Gasteiger partial charge in [-0.15, -0.1) is 9.24 Å². The van der Waals surface area contributed by atoms with E-state index in [4.69, 9.17) is 10.8 Å². The molecule has 1 aromatic rings. The summed E-state index contributed by atoms with van der Waals surface area (Å²) in [7, 11) is 2.56. The van der Waals surface area contributed by atoms with Gasteiger partial charge in [0.15, 0.2) is 0 Å². The lowest BCUT2D eigenvalue weighted by Crippen LogP contribution is -2.33. The normalized spacial score (nSPS) is 12.5. The van der Waals surface area contributed by atoms with Crippen LogP contribution >= 0.6 is 9.24 Å². The molecule has 0 aliphatic carbocycles. The van der Waals surface area contributed by atoms with Crippen LogP contribution in [0, 0.1) is 0 Å². The standard InChI is InChI=1S/C9H12NO2P/c10-7(9(11)12)5-6-3-1-2-4-8(6)13/h1-4,7H,5,10,13H2,(H,11,12)/t7-/m1/s1. The highest BCUT2D eigenvalue weighted by Gasteiger charge is 2.12. The fraction of sp³-hybridized carbons (Fsp3) is 0.222. The lowest BCUT2D eigenvalue weighted by molar-refractivity contribution is -0.138. The zero-order chi connectivity index (χ0) is 9.84. The highest BCUT2D eigenvalue weighted by atomic mass is 31.0. The van der Waals surface area contributed by atoms with Gasteiger partial charge in [-0.3, -0.25) is 4.79 Å². The lowest BCUT2D eigenvalue weighted by atomic mass is 10.1. The maximum Gasteiger partial charge on any atom is 0.320 e. The summed E-state index contributed by atoms with van der Waals surface area (Å²) in [6, 6.07) is 6.75. The molecule has 70 valence electrons. The van der Waals surface area contributed by atoms with Crippen molar-refractivity contribution in [3.63, 3.8) is 0 Å². The van der Waals surface area contributed by atoms with Crippen molar-refractivity contribution >= 4 is 20.5 Å². The second-order valence-corrected chi connectivity index (χ2v) is 3.47. The maximum atomic E-state index is 10.5. The van der Waals surface area contributed by atoms with Gasteiger partial charge in [-0.05, 0) is 17.3 Å². The van der Waals surface area contributed by atoms with Crippen molar-refractivity contribution in [3.05, 3.63) is 29.8 Å². The number of hydrogen-bond donors (Lipinski definition) is 2. The van der Waals surface area contributed by atoms with E-state index in [-0.39, 0.29) is 0 Å². The predicted octanol–water partition coefficient (Wildman–Crippen LogP) is 0.141. The van der Waals surface area contributed by atoms with Crippen LogP contribution in [-0.4, -0.2) is 17.1 Å². The lowest BCUT2D eigenvalue weighted by Gasteiger charge is -2.08. The van der Waals surface area contributed by atoms with E-state index in [1.165, 1.54) is 0 Å². The first-order valence-corrected chi connectivity index (χ1v) is 4.50. The quantitative estimate of drug-likeness (QED) is 0.677. The van der Waals surface area contributed by atoms with Crippen LogP contribution in [0.3, 0.4) is 0 Å². The van der Waals surface area contributed by atoms with Gasteiger partial charge in [0.25, 0.3) is 0 Å². The van der Waals surface area contributed by atoms with Crippen molar-refractivity contribution in [2.75, 3.05) is 0 Å². The second-order valence-electron chi connectivity index (χ2n) is 2.85. The Kier molecular flexibility index (Phi) is 3.40. The highest BCUT2D eigenvalue weighted by Crippen LogP contribution is 2.03. The van der Waals surface area contributed by atoms with Crippen LogP contribution < -0.4 is 11.0 Å². The molecule has 0 saturated carbocycles.